The zero-order chi connectivity index (χ0) is 12.7. The van der Waals surface area contributed by atoms with Gasteiger partial charge in [0.25, 0.3) is 5.69 Å². The fourth-order valence-electron chi connectivity index (χ4n) is 1.10. The Kier molecular flexibility index (Phi) is 4.62. The molecule has 0 aliphatic rings. The number of non-ortho nitro benzene ring substituents is 1. The molecule has 0 unspecified atom stereocenters. The Morgan fingerprint density at radius 1 is 1.29 bits per heavy atom. The summed E-state index contributed by atoms with van der Waals surface area (Å²) in [5, 5.41) is 13.0. The molecule has 1 aromatic rings. The highest BCUT2D eigenvalue weighted by molar-refractivity contribution is 5.99. The fraction of sp³-hybridized carbons (Fsp3) is 0.0833. The number of benzene rings is 1. The van der Waals surface area contributed by atoms with Gasteiger partial charge in [0, 0.05) is 23.9 Å². The molecule has 5 nitrogen and oxygen atoms in total. The summed E-state index contributed by atoms with van der Waals surface area (Å²) >= 11 is 0. The first-order chi connectivity index (χ1) is 8.13. The zero-order valence-electron chi connectivity index (χ0n) is 9.29. The Morgan fingerprint density at radius 3 is 2.47 bits per heavy atom. The first-order valence-corrected chi connectivity index (χ1v) is 4.98. The molecule has 5 heteroatoms. The summed E-state index contributed by atoms with van der Waals surface area (Å²) in [4.78, 5) is 21.3. The summed E-state index contributed by atoms with van der Waals surface area (Å²) in [7, 11) is 0. The number of nitro groups is 1. The van der Waals surface area contributed by atoms with E-state index in [4.69, 9.17) is 0 Å². The Labute approximate surface area is 98.6 Å². The monoisotopic (exact) mass is 232 g/mol. The van der Waals surface area contributed by atoms with Crippen LogP contribution in [-0.4, -0.2) is 10.8 Å². The SMILES string of the molecule is C/C=C/C=C/C(=O)Nc1ccc([N+](=O)[O-])cc1. The van der Waals surface area contributed by atoms with Crippen LogP contribution in [0, 0.1) is 10.1 Å². The second-order valence-electron chi connectivity index (χ2n) is 3.18. The van der Waals surface area contributed by atoms with Crippen LogP contribution in [0.4, 0.5) is 11.4 Å². The maximum absolute atomic E-state index is 11.3. The van der Waals surface area contributed by atoms with E-state index in [-0.39, 0.29) is 11.6 Å². The van der Waals surface area contributed by atoms with Crippen molar-refractivity contribution in [2.45, 2.75) is 6.92 Å². The number of rotatable bonds is 4. The van der Waals surface area contributed by atoms with Gasteiger partial charge in [-0.15, -0.1) is 0 Å². The summed E-state index contributed by atoms with van der Waals surface area (Å²) in [6.45, 7) is 1.85. The number of allylic oxidation sites excluding steroid dienone is 3. The Hall–Kier alpha value is -2.43. The maximum atomic E-state index is 11.3. The lowest BCUT2D eigenvalue weighted by Gasteiger charge is -2.00. The van der Waals surface area contributed by atoms with Crippen LogP contribution < -0.4 is 5.32 Å². The number of nitrogens with zero attached hydrogens (tertiary/aromatic N) is 1. The molecule has 0 heterocycles. The van der Waals surface area contributed by atoms with Crippen LogP contribution in [0.5, 0.6) is 0 Å². The molecular formula is C12H12N2O3. The molecule has 17 heavy (non-hydrogen) atoms. The predicted octanol–water partition coefficient (Wildman–Crippen LogP) is 2.67. The second kappa shape index (κ2) is 6.22. The van der Waals surface area contributed by atoms with Crippen LogP contribution in [0.1, 0.15) is 6.92 Å². The summed E-state index contributed by atoms with van der Waals surface area (Å²) in [5.74, 6) is -0.281. The summed E-state index contributed by atoms with van der Waals surface area (Å²) < 4.78 is 0. The van der Waals surface area contributed by atoms with Crippen molar-refractivity contribution in [2.75, 3.05) is 5.32 Å². The van der Waals surface area contributed by atoms with Crippen LogP contribution in [0.3, 0.4) is 0 Å². The highest BCUT2D eigenvalue weighted by Crippen LogP contribution is 2.15. The molecule has 0 aromatic heterocycles. The van der Waals surface area contributed by atoms with Crippen molar-refractivity contribution in [3.8, 4) is 0 Å². The Morgan fingerprint density at radius 2 is 1.94 bits per heavy atom. The van der Waals surface area contributed by atoms with E-state index in [1.165, 1.54) is 30.3 Å². The molecule has 1 N–H and O–H groups in total. The number of nitrogens with one attached hydrogen (secondary N) is 1. The van der Waals surface area contributed by atoms with Gasteiger partial charge in [0.1, 0.15) is 0 Å². The Balaban J connectivity index is 2.63. The van der Waals surface area contributed by atoms with Gasteiger partial charge in [0.15, 0.2) is 0 Å². The lowest BCUT2D eigenvalue weighted by atomic mass is 10.3. The first kappa shape index (κ1) is 12.6. The fourth-order valence-corrected chi connectivity index (χ4v) is 1.10. The van der Waals surface area contributed by atoms with Crippen molar-refractivity contribution >= 4 is 17.3 Å². The molecule has 1 rings (SSSR count). The van der Waals surface area contributed by atoms with Gasteiger partial charge >= 0.3 is 0 Å². The van der Waals surface area contributed by atoms with Crippen molar-refractivity contribution in [1.29, 1.82) is 0 Å². The smallest absolute Gasteiger partial charge is 0.269 e. The molecule has 0 radical (unpaired) electrons. The number of carbonyl (C=O) groups excluding carboxylic acids is 1. The largest absolute Gasteiger partial charge is 0.323 e. The first-order valence-electron chi connectivity index (χ1n) is 4.98. The molecule has 1 amide bonds. The summed E-state index contributed by atoms with van der Waals surface area (Å²) in [6.07, 6.45) is 6.52. The number of hydrogen-bond acceptors (Lipinski definition) is 3. The van der Waals surface area contributed by atoms with Gasteiger partial charge in [-0.1, -0.05) is 18.2 Å². The third-order valence-electron chi connectivity index (χ3n) is 1.90. The van der Waals surface area contributed by atoms with Crippen molar-refractivity contribution in [2.24, 2.45) is 0 Å². The molecule has 0 aliphatic carbocycles. The van der Waals surface area contributed by atoms with E-state index in [9.17, 15) is 14.9 Å². The van der Waals surface area contributed by atoms with Crippen molar-refractivity contribution in [3.63, 3.8) is 0 Å². The van der Waals surface area contributed by atoms with Crippen LogP contribution in [0.15, 0.2) is 48.6 Å². The van der Waals surface area contributed by atoms with Crippen molar-refractivity contribution < 1.29 is 9.72 Å². The van der Waals surface area contributed by atoms with E-state index in [0.29, 0.717) is 5.69 Å². The average Bonchev–Trinajstić information content (AvgIpc) is 2.30. The Bertz CT molecular complexity index is 461. The van der Waals surface area contributed by atoms with Crippen LogP contribution in [0.25, 0.3) is 0 Å². The van der Waals surface area contributed by atoms with Gasteiger partial charge in [0.05, 0.1) is 4.92 Å². The van der Waals surface area contributed by atoms with E-state index in [1.807, 2.05) is 6.92 Å². The molecule has 0 atom stereocenters. The maximum Gasteiger partial charge on any atom is 0.269 e. The molecule has 0 bridgehead atoms. The molecule has 1 aromatic carbocycles. The lowest BCUT2D eigenvalue weighted by Crippen LogP contribution is -2.07. The van der Waals surface area contributed by atoms with Gasteiger partial charge in [0.2, 0.25) is 5.91 Å². The zero-order valence-corrected chi connectivity index (χ0v) is 9.29. The molecule has 0 spiro atoms. The summed E-state index contributed by atoms with van der Waals surface area (Å²) in [6, 6.07) is 5.65. The number of carbonyl (C=O) groups is 1. The minimum Gasteiger partial charge on any atom is -0.323 e. The van der Waals surface area contributed by atoms with E-state index in [0.717, 1.165) is 0 Å². The van der Waals surface area contributed by atoms with Gasteiger partial charge < -0.3 is 5.32 Å². The third kappa shape index (κ3) is 4.29. The number of hydrogen-bond donors (Lipinski definition) is 1. The van der Waals surface area contributed by atoms with Crippen LogP contribution in [-0.2, 0) is 4.79 Å². The number of amides is 1. The van der Waals surface area contributed by atoms with E-state index in [2.05, 4.69) is 5.32 Å². The number of anilines is 1. The van der Waals surface area contributed by atoms with E-state index >= 15 is 0 Å². The van der Waals surface area contributed by atoms with E-state index in [1.54, 1.807) is 18.2 Å². The van der Waals surface area contributed by atoms with Gasteiger partial charge in [-0.25, -0.2) is 0 Å². The van der Waals surface area contributed by atoms with Gasteiger partial charge in [-0.3, -0.25) is 14.9 Å². The number of nitro benzene ring substituents is 1. The quantitative estimate of drug-likeness (QED) is 0.375. The minimum atomic E-state index is -0.489. The van der Waals surface area contributed by atoms with Crippen molar-refractivity contribution in [1.82, 2.24) is 0 Å². The average molecular weight is 232 g/mol. The molecule has 0 saturated heterocycles. The second-order valence-corrected chi connectivity index (χ2v) is 3.18. The van der Waals surface area contributed by atoms with E-state index < -0.39 is 4.92 Å². The predicted molar refractivity (Wildman–Crippen MR) is 65.7 cm³/mol. The minimum absolute atomic E-state index is 0.00698. The molecule has 88 valence electrons. The van der Waals surface area contributed by atoms with Crippen LogP contribution in [0.2, 0.25) is 0 Å². The van der Waals surface area contributed by atoms with Gasteiger partial charge in [-0.2, -0.15) is 0 Å². The van der Waals surface area contributed by atoms with Crippen LogP contribution >= 0.6 is 0 Å². The highest BCUT2D eigenvalue weighted by Gasteiger charge is 2.04. The molecular weight excluding hydrogens is 220 g/mol. The topological polar surface area (TPSA) is 72.2 Å². The molecule has 0 fully saturated rings. The third-order valence-corrected chi connectivity index (χ3v) is 1.90. The van der Waals surface area contributed by atoms with Crippen molar-refractivity contribution in [3.05, 3.63) is 58.7 Å². The molecule has 0 aliphatic heterocycles. The highest BCUT2D eigenvalue weighted by atomic mass is 16.6. The summed E-state index contributed by atoms with van der Waals surface area (Å²) in [5.41, 5.74) is 0.512. The lowest BCUT2D eigenvalue weighted by molar-refractivity contribution is -0.384. The standard InChI is InChI=1S/C12H12N2O3/c1-2-3-4-5-12(15)13-10-6-8-11(9-7-10)14(16)17/h2-9H,1H3,(H,13,15)/b3-2+,5-4+. The normalized spacial score (nSPS) is 10.9. The van der Waals surface area contributed by atoms with Gasteiger partial charge in [-0.05, 0) is 19.1 Å². The molecule has 0 saturated carbocycles.